The zero-order valence-corrected chi connectivity index (χ0v) is 14.1. The van der Waals surface area contributed by atoms with E-state index < -0.39 is 0 Å². The second-order valence-electron chi connectivity index (χ2n) is 6.56. The quantitative estimate of drug-likeness (QED) is 0.846. The molecule has 126 valence electrons. The van der Waals surface area contributed by atoms with Gasteiger partial charge in [-0.15, -0.1) is 0 Å². The van der Waals surface area contributed by atoms with Gasteiger partial charge in [-0.25, -0.2) is 9.97 Å². The molecule has 1 amide bonds. The average molecular weight is 318 g/mol. The first-order valence-corrected chi connectivity index (χ1v) is 8.54. The molecule has 0 saturated carbocycles. The summed E-state index contributed by atoms with van der Waals surface area (Å²) in [4.78, 5) is 25.4. The monoisotopic (exact) mass is 318 g/mol. The Morgan fingerprint density at radius 3 is 2.74 bits per heavy atom. The second-order valence-corrected chi connectivity index (χ2v) is 6.56. The highest BCUT2D eigenvalue weighted by atomic mass is 16.5. The molecule has 0 radical (unpaired) electrons. The largest absolute Gasteiger partial charge is 0.381 e. The van der Waals surface area contributed by atoms with Gasteiger partial charge < -0.3 is 14.5 Å². The maximum absolute atomic E-state index is 12.5. The molecule has 0 bridgehead atoms. The van der Waals surface area contributed by atoms with Crippen molar-refractivity contribution >= 4 is 11.7 Å². The number of nitrogens with zero attached hydrogens (tertiary/aromatic N) is 4. The summed E-state index contributed by atoms with van der Waals surface area (Å²) in [5.41, 5.74) is 2.15. The minimum atomic E-state index is 0.274. The van der Waals surface area contributed by atoms with E-state index >= 15 is 0 Å². The molecule has 1 atom stereocenters. The fraction of sp³-hybridized carbons (Fsp3) is 0.706. The predicted octanol–water partition coefficient (Wildman–Crippen LogP) is 1.56. The maximum Gasteiger partial charge on any atom is 0.223 e. The lowest BCUT2D eigenvalue weighted by molar-refractivity contribution is -0.133. The van der Waals surface area contributed by atoms with Crippen LogP contribution in [-0.4, -0.2) is 60.2 Å². The van der Waals surface area contributed by atoms with Crippen molar-refractivity contribution in [1.82, 2.24) is 14.9 Å². The molecule has 2 fully saturated rings. The first-order chi connectivity index (χ1) is 11.1. The lowest BCUT2D eigenvalue weighted by atomic mass is 9.98. The summed E-state index contributed by atoms with van der Waals surface area (Å²) in [6.07, 6.45) is 4.45. The summed E-state index contributed by atoms with van der Waals surface area (Å²) in [5, 5.41) is 0. The van der Waals surface area contributed by atoms with Crippen molar-refractivity contribution in [2.24, 2.45) is 5.92 Å². The van der Waals surface area contributed by atoms with Crippen LogP contribution in [0, 0.1) is 19.8 Å². The molecule has 6 nitrogen and oxygen atoms in total. The highest BCUT2D eigenvalue weighted by Crippen LogP contribution is 2.22. The van der Waals surface area contributed by atoms with Crippen LogP contribution in [0.15, 0.2) is 6.33 Å². The fourth-order valence-corrected chi connectivity index (χ4v) is 3.36. The lowest BCUT2D eigenvalue weighted by Gasteiger charge is -2.36. The first kappa shape index (κ1) is 16.2. The van der Waals surface area contributed by atoms with Gasteiger partial charge in [-0.1, -0.05) is 0 Å². The normalized spacial score (nSPS) is 22.3. The SMILES string of the molecule is Cc1ncnc(N2CCN(C(=O)C[C@@H]3CCCOC3)CC2)c1C. The van der Waals surface area contributed by atoms with E-state index in [0.717, 1.165) is 69.3 Å². The van der Waals surface area contributed by atoms with Crippen LogP contribution in [0.3, 0.4) is 0 Å². The number of aryl methyl sites for hydroxylation is 1. The van der Waals surface area contributed by atoms with Crippen LogP contribution in [0.5, 0.6) is 0 Å². The summed E-state index contributed by atoms with van der Waals surface area (Å²) < 4.78 is 5.48. The Labute approximate surface area is 137 Å². The van der Waals surface area contributed by atoms with Gasteiger partial charge in [0.15, 0.2) is 0 Å². The minimum Gasteiger partial charge on any atom is -0.381 e. The van der Waals surface area contributed by atoms with Crippen LogP contribution in [0.2, 0.25) is 0 Å². The van der Waals surface area contributed by atoms with E-state index in [9.17, 15) is 4.79 Å². The third-order valence-corrected chi connectivity index (χ3v) is 4.96. The molecule has 2 aliphatic rings. The molecule has 0 unspecified atom stereocenters. The zero-order chi connectivity index (χ0) is 16.2. The molecule has 23 heavy (non-hydrogen) atoms. The predicted molar refractivity (Wildman–Crippen MR) is 88.5 cm³/mol. The molecular formula is C17H26N4O2. The van der Waals surface area contributed by atoms with Gasteiger partial charge >= 0.3 is 0 Å². The van der Waals surface area contributed by atoms with Gasteiger partial charge in [-0.2, -0.15) is 0 Å². The zero-order valence-electron chi connectivity index (χ0n) is 14.1. The number of ether oxygens (including phenoxy) is 1. The summed E-state index contributed by atoms with van der Waals surface area (Å²) in [6, 6.07) is 0. The van der Waals surface area contributed by atoms with Gasteiger partial charge in [0.1, 0.15) is 12.1 Å². The van der Waals surface area contributed by atoms with Crippen LogP contribution in [0.1, 0.15) is 30.5 Å². The second kappa shape index (κ2) is 7.25. The molecule has 0 aliphatic carbocycles. The molecule has 0 N–H and O–H groups in total. The van der Waals surface area contributed by atoms with Crippen LogP contribution >= 0.6 is 0 Å². The summed E-state index contributed by atoms with van der Waals surface area (Å²) in [7, 11) is 0. The van der Waals surface area contributed by atoms with Crippen molar-refractivity contribution in [2.75, 3.05) is 44.3 Å². The third-order valence-electron chi connectivity index (χ3n) is 4.96. The van der Waals surface area contributed by atoms with Crippen molar-refractivity contribution in [1.29, 1.82) is 0 Å². The summed E-state index contributed by atoms with van der Waals surface area (Å²) >= 11 is 0. The van der Waals surface area contributed by atoms with Gasteiger partial charge in [-0.05, 0) is 32.6 Å². The highest BCUT2D eigenvalue weighted by molar-refractivity contribution is 5.76. The van der Waals surface area contributed by atoms with Crippen molar-refractivity contribution in [3.63, 3.8) is 0 Å². The molecule has 3 heterocycles. The molecular weight excluding hydrogens is 292 g/mol. The number of aromatic nitrogens is 2. The Kier molecular flexibility index (Phi) is 5.10. The number of carbonyl (C=O) groups is 1. The van der Waals surface area contributed by atoms with E-state index in [1.165, 1.54) is 0 Å². The van der Waals surface area contributed by atoms with Crippen LogP contribution < -0.4 is 4.90 Å². The Morgan fingerprint density at radius 1 is 1.26 bits per heavy atom. The maximum atomic E-state index is 12.5. The number of carbonyl (C=O) groups excluding carboxylic acids is 1. The van der Waals surface area contributed by atoms with E-state index in [-0.39, 0.29) is 5.91 Å². The van der Waals surface area contributed by atoms with E-state index in [0.29, 0.717) is 12.3 Å². The number of piperazine rings is 1. The fourth-order valence-electron chi connectivity index (χ4n) is 3.36. The summed E-state index contributed by atoms with van der Waals surface area (Å²) in [6.45, 7) is 8.88. The average Bonchev–Trinajstić information content (AvgIpc) is 2.58. The number of hydrogen-bond acceptors (Lipinski definition) is 5. The van der Waals surface area contributed by atoms with Gasteiger partial charge in [0.25, 0.3) is 0 Å². The molecule has 0 aromatic carbocycles. The van der Waals surface area contributed by atoms with Crippen molar-refractivity contribution in [3.05, 3.63) is 17.6 Å². The van der Waals surface area contributed by atoms with E-state index in [2.05, 4.69) is 21.8 Å². The molecule has 1 aromatic heterocycles. The molecule has 6 heteroatoms. The first-order valence-electron chi connectivity index (χ1n) is 8.54. The van der Waals surface area contributed by atoms with Crippen molar-refractivity contribution < 1.29 is 9.53 Å². The van der Waals surface area contributed by atoms with Gasteiger partial charge in [0.2, 0.25) is 5.91 Å². The smallest absolute Gasteiger partial charge is 0.223 e. The topological polar surface area (TPSA) is 58.6 Å². The van der Waals surface area contributed by atoms with Crippen molar-refractivity contribution in [2.45, 2.75) is 33.1 Å². The van der Waals surface area contributed by atoms with Crippen molar-refractivity contribution in [3.8, 4) is 0 Å². The van der Waals surface area contributed by atoms with Gasteiger partial charge in [0.05, 0.1) is 0 Å². The van der Waals surface area contributed by atoms with E-state index in [1.807, 2.05) is 11.8 Å². The summed E-state index contributed by atoms with van der Waals surface area (Å²) in [5.74, 6) is 1.68. The molecule has 3 rings (SSSR count). The van der Waals surface area contributed by atoms with Crippen LogP contribution in [0.4, 0.5) is 5.82 Å². The number of anilines is 1. The lowest BCUT2D eigenvalue weighted by Crippen LogP contribution is -2.49. The third kappa shape index (κ3) is 3.80. The Bertz CT molecular complexity index is 550. The molecule has 1 aromatic rings. The van der Waals surface area contributed by atoms with Crippen LogP contribution in [0.25, 0.3) is 0 Å². The molecule has 2 saturated heterocycles. The van der Waals surface area contributed by atoms with Crippen LogP contribution in [-0.2, 0) is 9.53 Å². The number of hydrogen-bond donors (Lipinski definition) is 0. The Balaban J connectivity index is 1.53. The van der Waals surface area contributed by atoms with E-state index in [1.54, 1.807) is 6.33 Å². The van der Waals surface area contributed by atoms with E-state index in [4.69, 9.17) is 4.74 Å². The molecule has 0 spiro atoms. The molecule has 2 aliphatic heterocycles. The Morgan fingerprint density at radius 2 is 2.04 bits per heavy atom. The Hall–Kier alpha value is -1.69. The standard InChI is InChI=1S/C17H26N4O2/c1-13-14(2)18-12-19-17(13)21-7-5-20(6-8-21)16(22)10-15-4-3-9-23-11-15/h12,15H,3-11H2,1-2H3/t15-/m0/s1. The number of rotatable bonds is 3. The van der Waals surface area contributed by atoms with Gasteiger partial charge in [-0.3, -0.25) is 4.79 Å². The van der Waals surface area contributed by atoms with Gasteiger partial charge in [0, 0.05) is 57.1 Å². The number of amides is 1. The minimum absolute atomic E-state index is 0.274. The highest BCUT2D eigenvalue weighted by Gasteiger charge is 2.25.